The van der Waals surface area contributed by atoms with Crippen LogP contribution >= 0.6 is 23.2 Å². The van der Waals surface area contributed by atoms with Crippen molar-refractivity contribution in [3.8, 4) is 0 Å². The van der Waals surface area contributed by atoms with Crippen LogP contribution in [0.3, 0.4) is 0 Å². The predicted molar refractivity (Wildman–Crippen MR) is 110 cm³/mol. The first-order chi connectivity index (χ1) is 12.7. The first kappa shape index (κ1) is 21.3. The van der Waals surface area contributed by atoms with Gasteiger partial charge < -0.3 is 10.2 Å². The molecule has 0 radical (unpaired) electrons. The molecular weight excluding hydrogens is 383 g/mol. The van der Waals surface area contributed by atoms with Gasteiger partial charge in [0.1, 0.15) is 6.04 Å². The van der Waals surface area contributed by atoms with Gasteiger partial charge in [0.2, 0.25) is 5.91 Å². The Labute approximate surface area is 170 Å². The lowest BCUT2D eigenvalue weighted by molar-refractivity contribution is -0.133. The lowest BCUT2D eigenvalue weighted by Crippen LogP contribution is -2.50. The van der Waals surface area contributed by atoms with E-state index >= 15 is 0 Å². The van der Waals surface area contributed by atoms with Crippen LogP contribution in [0, 0.1) is 12.8 Å². The molecule has 144 valence electrons. The van der Waals surface area contributed by atoms with Crippen molar-refractivity contribution >= 4 is 35.0 Å². The minimum absolute atomic E-state index is 0.0770. The summed E-state index contributed by atoms with van der Waals surface area (Å²) in [5.74, 6) is -0.619. The zero-order valence-corrected chi connectivity index (χ0v) is 17.4. The Hall–Kier alpha value is -2.04. The monoisotopic (exact) mass is 406 g/mol. The number of carbonyl (C=O) groups is 2. The molecule has 2 aromatic rings. The zero-order chi connectivity index (χ0) is 20.1. The number of nitrogens with one attached hydrogen (secondary N) is 1. The Kier molecular flexibility index (Phi) is 7.28. The minimum atomic E-state index is -0.654. The van der Waals surface area contributed by atoms with Gasteiger partial charge in [0.15, 0.2) is 0 Å². The molecule has 1 N–H and O–H groups in total. The van der Waals surface area contributed by atoms with Gasteiger partial charge in [0.05, 0.1) is 10.6 Å². The predicted octanol–water partition coefficient (Wildman–Crippen LogP) is 4.71. The minimum Gasteiger partial charge on any atom is -0.340 e. The average Bonchev–Trinajstić information content (AvgIpc) is 2.60. The highest BCUT2D eigenvalue weighted by molar-refractivity contribution is 6.36. The first-order valence-corrected chi connectivity index (χ1v) is 9.51. The van der Waals surface area contributed by atoms with Crippen LogP contribution < -0.4 is 5.32 Å². The topological polar surface area (TPSA) is 49.4 Å². The number of carbonyl (C=O) groups excluding carboxylic acids is 2. The standard InChI is InChI=1S/C21H24Cl2N2O2/c1-13(2)19(24-20(26)17-10-9-16(22)11-18(17)23)21(27)25(4)12-15-8-6-5-7-14(15)3/h5-11,13,19H,12H2,1-4H3,(H,24,26)/t19-/m0/s1. The maximum Gasteiger partial charge on any atom is 0.253 e. The van der Waals surface area contributed by atoms with E-state index in [0.29, 0.717) is 17.1 Å². The lowest BCUT2D eigenvalue weighted by atomic mass is 10.0. The molecule has 0 heterocycles. The lowest BCUT2D eigenvalue weighted by Gasteiger charge is -2.27. The van der Waals surface area contributed by atoms with Crippen LogP contribution in [0.15, 0.2) is 42.5 Å². The maximum absolute atomic E-state index is 13.0. The number of halogens is 2. The van der Waals surface area contributed by atoms with Crippen LogP contribution in [0.2, 0.25) is 10.0 Å². The highest BCUT2D eigenvalue weighted by atomic mass is 35.5. The number of likely N-dealkylation sites (N-methyl/N-ethyl adjacent to an activating group) is 1. The Balaban J connectivity index is 2.14. The van der Waals surface area contributed by atoms with Crippen LogP contribution in [0.4, 0.5) is 0 Å². The molecule has 0 saturated carbocycles. The Morgan fingerprint density at radius 1 is 1.11 bits per heavy atom. The molecule has 0 aliphatic heterocycles. The fourth-order valence-electron chi connectivity index (χ4n) is 2.76. The summed E-state index contributed by atoms with van der Waals surface area (Å²) in [5, 5.41) is 3.52. The van der Waals surface area contributed by atoms with Crippen LogP contribution in [0.1, 0.15) is 35.3 Å². The van der Waals surface area contributed by atoms with Crippen molar-refractivity contribution < 1.29 is 9.59 Å². The molecule has 0 unspecified atom stereocenters. The van der Waals surface area contributed by atoms with Gasteiger partial charge in [-0.2, -0.15) is 0 Å². The third-order valence-electron chi connectivity index (χ3n) is 4.44. The number of rotatable bonds is 6. The number of amides is 2. The molecule has 1 atom stereocenters. The number of hydrogen-bond acceptors (Lipinski definition) is 2. The summed E-state index contributed by atoms with van der Waals surface area (Å²) in [6.07, 6.45) is 0. The van der Waals surface area contributed by atoms with Crippen molar-refractivity contribution in [1.82, 2.24) is 10.2 Å². The Bertz CT molecular complexity index is 837. The third kappa shape index (κ3) is 5.47. The summed E-state index contributed by atoms with van der Waals surface area (Å²) < 4.78 is 0. The molecule has 2 aromatic carbocycles. The molecule has 0 aliphatic rings. The Morgan fingerprint density at radius 3 is 2.37 bits per heavy atom. The molecule has 6 heteroatoms. The second kappa shape index (κ2) is 9.25. The SMILES string of the molecule is Cc1ccccc1CN(C)C(=O)[C@@H](NC(=O)c1ccc(Cl)cc1Cl)C(C)C. The molecule has 0 bridgehead atoms. The first-order valence-electron chi connectivity index (χ1n) is 8.76. The molecule has 27 heavy (non-hydrogen) atoms. The van der Waals surface area contributed by atoms with Crippen molar-refractivity contribution in [3.63, 3.8) is 0 Å². The van der Waals surface area contributed by atoms with E-state index in [-0.39, 0.29) is 16.8 Å². The van der Waals surface area contributed by atoms with Gasteiger partial charge in [-0.15, -0.1) is 0 Å². The summed E-state index contributed by atoms with van der Waals surface area (Å²) in [6.45, 7) is 6.28. The van der Waals surface area contributed by atoms with Gasteiger partial charge in [-0.25, -0.2) is 0 Å². The summed E-state index contributed by atoms with van der Waals surface area (Å²) in [6, 6.07) is 11.9. The molecule has 0 saturated heterocycles. The van der Waals surface area contributed by atoms with E-state index in [2.05, 4.69) is 5.32 Å². The fraction of sp³-hybridized carbons (Fsp3) is 0.333. The molecule has 0 aliphatic carbocycles. The highest BCUT2D eigenvalue weighted by Crippen LogP contribution is 2.21. The van der Waals surface area contributed by atoms with Gasteiger partial charge in [-0.1, -0.05) is 61.3 Å². The van der Waals surface area contributed by atoms with Gasteiger partial charge in [0, 0.05) is 18.6 Å². The van der Waals surface area contributed by atoms with Gasteiger partial charge in [-0.05, 0) is 42.2 Å². The molecule has 0 aromatic heterocycles. The molecule has 0 spiro atoms. The van der Waals surface area contributed by atoms with Crippen molar-refractivity contribution in [2.75, 3.05) is 7.05 Å². The van der Waals surface area contributed by atoms with Gasteiger partial charge >= 0.3 is 0 Å². The second-order valence-electron chi connectivity index (χ2n) is 6.94. The molecule has 2 rings (SSSR count). The quantitative estimate of drug-likeness (QED) is 0.754. The summed E-state index contributed by atoms with van der Waals surface area (Å²) in [7, 11) is 1.74. The van der Waals surface area contributed by atoms with Crippen LogP contribution in [-0.4, -0.2) is 29.8 Å². The van der Waals surface area contributed by atoms with E-state index in [1.54, 1.807) is 24.1 Å². The number of aryl methyl sites for hydroxylation is 1. The smallest absolute Gasteiger partial charge is 0.253 e. The summed E-state index contributed by atoms with van der Waals surface area (Å²) in [5.41, 5.74) is 2.49. The van der Waals surface area contributed by atoms with Crippen molar-refractivity contribution in [2.24, 2.45) is 5.92 Å². The van der Waals surface area contributed by atoms with Crippen LogP contribution in [0.5, 0.6) is 0 Å². The van der Waals surface area contributed by atoms with E-state index in [1.807, 2.05) is 45.0 Å². The largest absolute Gasteiger partial charge is 0.340 e. The maximum atomic E-state index is 13.0. The van der Waals surface area contributed by atoms with Crippen LogP contribution in [0.25, 0.3) is 0 Å². The van der Waals surface area contributed by atoms with E-state index in [0.717, 1.165) is 11.1 Å². The zero-order valence-electron chi connectivity index (χ0n) is 15.9. The van der Waals surface area contributed by atoms with Crippen molar-refractivity contribution in [2.45, 2.75) is 33.4 Å². The van der Waals surface area contributed by atoms with E-state index in [4.69, 9.17) is 23.2 Å². The second-order valence-corrected chi connectivity index (χ2v) is 7.78. The number of benzene rings is 2. The number of hydrogen-bond donors (Lipinski definition) is 1. The van der Waals surface area contributed by atoms with Crippen molar-refractivity contribution in [1.29, 1.82) is 0 Å². The van der Waals surface area contributed by atoms with Gasteiger partial charge in [0.25, 0.3) is 5.91 Å². The summed E-state index contributed by atoms with van der Waals surface area (Å²) >= 11 is 12.0. The summed E-state index contributed by atoms with van der Waals surface area (Å²) in [4.78, 5) is 27.2. The molecule has 2 amide bonds. The molecular formula is C21H24Cl2N2O2. The van der Waals surface area contributed by atoms with E-state index in [1.165, 1.54) is 6.07 Å². The van der Waals surface area contributed by atoms with Crippen molar-refractivity contribution in [3.05, 3.63) is 69.2 Å². The normalized spacial score (nSPS) is 12.0. The molecule has 4 nitrogen and oxygen atoms in total. The molecule has 0 fully saturated rings. The van der Waals surface area contributed by atoms with Crippen LogP contribution in [-0.2, 0) is 11.3 Å². The van der Waals surface area contributed by atoms with Gasteiger partial charge in [-0.3, -0.25) is 9.59 Å². The third-order valence-corrected chi connectivity index (χ3v) is 4.99. The fourth-order valence-corrected chi connectivity index (χ4v) is 3.26. The van der Waals surface area contributed by atoms with E-state index < -0.39 is 11.9 Å². The highest BCUT2D eigenvalue weighted by Gasteiger charge is 2.28. The van der Waals surface area contributed by atoms with E-state index in [9.17, 15) is 9.59 Å². The average molecular weight is 407 g/mol. The number of nitrogens with zero attached hydrogens (tertiary/aromatic N) is 1. The Morgan fingerprint density at radius 2 is 1.78 bits per heavy atom.